The van der Waals surface area contributed by atoms with Gasteiger partial charge in [-0.25, -0.2) is 4.68 Å². The van der Waals surface area contributed by atoms with Crippen molar-refractivity contribution in [1.82, 2.24) is 19.6 Å². The molecule has 4 rings (SSSR count). The summed E-state index contributed by atoms with van der Waals surface area (Å²) in [6.07, 6.45) is 0. The van der Waals surface area contributed by atoms with Gasteiger partial charge in [0, 0.05) is 43.2 Å². The van der Waals surface area contributed by atoms with Crippen LogP contribution in [0.1, 0.15) is 22.4 Å². The highest BCUT2D eigenvalue weighted by atomic mass is 32.2. The summed E-state index contributed by atoms with van der Waals surface area (Å²) in [6.45, 7) is 6.80. The number of aromatic nitrogens is 2. The molecule has 0 saturated carbocycles. The number of nitrogens with zero attached hydrogens (tertiary/aromatic N) is 4. The van der Waals surface area contributed by atoms with Gasteiger partial charge in [0.1, 0.15) is 5.82 Å². The maximum absolute atomic E-state index is 12.7. The molecule has 0 atom stereocenters. The third kappa shape index (κ3) is 3.54. The number of nitrogens with one attached hydrogen (secondary N) is 1. The van der Waals surface area contributed by atoms with Crippen LogP contribution >= 0.6 is 11.8 Å². The Morgan fingerprint density at radius 3 is 2.57 bits per heavy atom. The van der Waals surface area contributed by atoms with Gasteiger partial charge >= 0.3 is 11.8 Å². The molecule has 0 bridgehead atoms. The number of carbonyl (C=O) groups is 2. The van der Waals surface area contributed by atoms with E-state index in [2.05, 4.69) is 16.3 Å². The van der Waals surface area contributed by atoms with Gasteiger partial charge in [-0.3, -0.25) is 9.59 Å². The number of fused-ring (bicyclic) bond motifs is 1. The van der Waals surface area contributed by atoms with Gasteiger partial charge in [-0.1, -0.05) is 17.7 Å². The first-order valence-corrected chi connectivity index (χ1v) is 10.6. The molecule has 8 heteroatoms. The Hall–Kier alpha value is -2.32. The molecule has 0 radical (unpaired) electrons. The summed E-state index contributed by atoms with van der Waals surface area (Å²) in [7, 11) is 2.02. The summed E-state index contributed by atoms with van der Waals surface area (Å²) in [5.74, 6) is 1.18. The average Bonchev–Trinajstić information content (AvgIpc) is 3.24. The zero-order valence-corrected chi connectivity index (χ0v) is 17.3. The number of rotatable bonds is 2. The molecular weight excluding hydrogens is 374 g/mol. The van der Waals surface area contributed by atoms with E-state index < -0.39 is 11.8 Å². The highest BCUT2D eigenvalue weighted by Gasteiger charge is 2.29. The number of benzene rings is 1. The quantitative estimate of drug-likeness (QED) is 0.782. The lowest BCUT2D eigenvalue weighted by Crippen LogP contribution is -2.50. The lowest BCUT2D eigenvalue weighted by molar-refractivity contribution is -0.144. The number of piperazine rings is 1. The summed E-state index contributed by atoms with van der Waals surface area (Å²) >= 11 is 1.77. The zero-order valence-electron chi connectivity index (χ0n) is 16.5. The molecule has 2 amide bonds. The highest BCUT2D eigenvalue weighted by molar-refractivity contribution is 7.98. The van der Waals surface area contributed by atoms with Crippen LogP contribution < -0.4 is 5.32 Å². The minimum atomic E-state index is -0.588. The van der Waals surface area contributed by atoms with Gasteiger partial charge < -0.3 is 15.1 Å². The van der Waals surface area contributed by atoms with E-state index in [9.17, 15) is 9.59 Å². The van der Waals surface area contributed by atoms with E-state index in [4.69, 9.17) is 5.10 Å². The largest absolute Gasteiger partial charge is 0.332 e. The molecule has 0 spiro atoms. The van der Waals surface area contributed by atoms with Crippen molar-refractivity contribution in [3.63, 3.8) is 0 Å². The highest BCUT2D eigenvalue weighted by Crippen LogP contribution is 2.36. The molecule has 1 aromatic carbocycles. The molecule has 1 aromatic heterocycles. The summed E-state index contributed by atoms with van der Waals surface area (Å²) in [5, 5.41) is 7.62. The van der Waals surface area contributed by atoms with Crippen LogP contribution in [0.3, 0.4) is 0 Å². The number of thioether (sulfide) groups is 1. The molecule has 0 aliphatic carbocycles. The van der Waals surface area contributed by atoms with Crippen molar-refractivity contribution < 1.29 is 9.59 Å². The predicted octanol–water partition coefficient (Wildman–Crippen LogP) is 1.95. The van der Waals surface area contributed by atoms with Gasteiger partial charge in [-0.15, -0.1) is 0 Å². The standard InChI is InChI=1S/C20H25N5O2S/c1-13-4-5-17(14(2)10-13)25-18(15-11-28-12-16(15)22-25)21-19(26)20(27)24-8-6-23(3)7-9-24/h4-5,10H,6-9,11-12H2,1-3H3,(H,21,26). The maximum atomic E-state index is 12.7. The molecule has 2 aromatic rings. The van der Waals surface area contributed by atoms with Gasteiger partial charge in [0.15, 0.2) is 0 Å². The first-order valence-electron chi connectivity index (χ1n) is 9.49. The third-order valence-electron chi connectivity index (χ3n) is 5.35. The molecule has 1 saturated heterocycles. The Morgan fingerprint density at radius 2 is 1.86 bits per heavy atom. The first kappa shape index (κ1) is 19.0. The van der Waals surface area contributed by atoms with E-state index in [0.29, 0.717) is 18.9 Å². The summed E-state index contributed by atoms with van der Waals surface area (Å²) < 4.78 is 1.79. The molecule has 2 aliphatic heterocycles. The Bertz CT molecular complexity index is 931. The van der Waals surface area contributed by atoms with Crippen molar-refractivity contribution in [2.75, 3.05) is 38.5 Å². The molecule has 0 unspecified atom stereocenters. The molecule has 3 heterocycles. The second-order valence-electron chi connectivity index (χ2n) is 7.52. The topological polar surface area (TPSA) is 70.5 Å². The van der Waals surface area contributed by atoms with Crippen LogP contribution in [0.5, 0.6) is 0 Å². The molecule has 1 fully saturated rings. The molecule has 1 N–H and O–H groups in total. The van der Waals surface area contributed by atoms with Crippen LogP contribution in [0.25, 0.3) is 5.69 Å². The molecule has 7 nitrogen and oxygen atoms in total. The average molecular weight is 400 g/mol. The second-order valence-corrected chi connectivity index (χ2v) is 8.50. The van der Waals surface area contributed by atoms with Crippen molar-refractivity contribution in [1.29, 1.82) is 0 Å². The predicted molar refractivity (Wildman–Crippen MR) is 111 cm³/mol. The fourth-order valence-electron chi connectivity index (χ4n) is 3.67. The van der Waals surface area contributed by atoms with Gasteiger partial charge in [-0.2, -0.15) is 16.9 Å². The van der Waals surface area contributed by atoms with E-state index in [-0.39, 0.29) is 0 Å². The van der Waals surface area contributed by atoms with E-state index >= 15 is 0 Å². The normalized spacial score (nSPS) is 16.9. The minimum absolute atomic E-state index is 0.471. The zero-order chi connectivity index (χ0) is 19.8. The van der Waals surface area contributed by atoms with Crippen LogP contribution in [0, 0.1) is 13.8 Å². The SMILES string of the molecule is Cc1ccc(-n2nc3c(c2NC(=O)C(=O)N2CCN(C)CC2)CSC3)c(C)c1. The summed E-state index contributed by atoms with van der Waals surface area (Å²) in [4.78, 5) is 29.2. The van der Waals surface area contributed by atoms with Crippen molar-refractivity contribution in [3.05, 3.63) is 40.6 Å². The number of hydrogen-bond donors (Lipinski definition) is 1. The van der Waals surface area contributed by atoms with Crippen molar-refractivity contribution >= 4 is 29.4 Å². The van der Waals surface area contributed by atoms with Gasteiger partial charge in [0.2, 0.25) is 0 Å². The summed E-state index contributed by atoms with van der Waals surface area (Å²) in [6, 6.07) is 6.14. The molecule has 148 valence electrons. The lowest BCUT2D eigenvalue weighted by atomic mass is 10.1. The fraction of sp³-hybridized carbons (Fsp3) is 0.450. The first-order chi connectivity index (χ1) is 13.4. The minimum Gasteiger partial charge on any atom is -0.332 e. The number of anilines is 1. The van der Waals surface area contributed by atoms with E-state index in [1.54, 1.807) is 21.3 Å². The van der Waals surface area contributed by atoms with E-state index in [0.717, 1.165) is 47.1 Å². The number of hydrogen-bond acceptors (Lipinski definition) is 5. The van der Waals surface area contributed by atoms with Crippen molar-refractivity contribution in [2.24, 2.45) is 0 Å². The maximum Gasteiger partial charge on any atom is 0.315 e. The number of amides is 2. The third-order valence-corrected chi connectivity index (χ3v) is 6.32. The van der Waals surface area contributed by atoms with Crippen LogP contribution in [-0.4, -0.2) is 64.6 Å². The van der Waals surface area contributed by atoms with Crippen molar-refractivity contribution in [2.45, 2.75) is 25.4 Å². The number of likely N-dealkylation sites (N-methyl/N-ethyl adjacent to an activating group) is 1. The van der Waals surface area contributed by atoms with Gasteiger partial charge in [-0.05, 0) is 32.5 Å². The van der Waals surface area contributed by atoms with Crippen LogP contribution in [0.2, 0.25) is 0 Å². The van der Waals surface area contributed by atoms with Crippen LogP contribution in [0.4, 0.5) is 5.82 Å². The molecule has 2 aliphatic rings. The monoisotopic (exact) mass is 399 g/mol. The smallest absolute Gasteiger partial charge is 0.315 e. The molecule has 28 heavy (non-hydrogen) atoms. The fourth-order valence-corrected chi connectivity index (χ4v) is 4.71. The van der Waals surface area contributed by atoms with E-state index in [1.807, 2.05) is 33.0 Å². The summed E-state index contributed by atoms with van der Waals surface area (Å²) in [5.41, 5.74) is 5.17. The number of carbonyl (C=O) groups excluding carboxylic acids is 2. The Morgan fingerprint density at radius 1 is 1.11 bits per heavy atom. The number of aryl methyl sites for hydroxylation is 2. The lowest BCUT2D eigenvalue weighted by Gasteiger charge is -2.31. The van der Waals surface area contributed by atoms with E-state index in [1.165, 1.54) is 5.56 Å². The Kier molecular flexibility index (Phi) is 5.16. The van der Waals surface area contributed by atoms with Crippen LogP contribution in [-0.2, 0) is 21.1 Å². The van der Waals surface area contributed by atoms with Crippen molar-refractivity contribution in [3.8, 4) is 5.69 Å². The van der Waals surface area contributed by atoms with Gasteiger partial charge in [0.05, 0.1) is 11.4 Å². The molecular formula is C20H25N5O2S. The van der Waals surface area contributed by atoms with Gasteiger partial charge in [0.25, 0.3) is 0 Å². The Balaban J connectivity index is 1.62. The van der Waals surface area contributed by atoms with Crippen LogP contribution in [0.15, 0.2) is 18.2 Å². The second kappa shape index (κ2) is 7.60. The Labute approximate surface area is 169 Å².